The highest BCUT2D eigenvalue weighted by Gasteiger charge is 2.13. The van der Waals surface area contributed by atoms with Gasteiger partial charge < -0.3 is 15.5 Å². The molecule has 94 valence electrons. The molecular formula is C13H13ClN2O2. The number of anilines is 1. The molecule has 0 radical (unpaired) electrons. The molecule has 3 N–H and O–H groups in total. The fourth-order valence-corrected chi connectivity index (χ4v) is 1.71. The van der Waals surface area contributed by atoms with E-state index in [0.29, 0.717) is 16.5 Å². The van der Waals surface area contributed by atoms with Crippen molar-refractivity contribution in [1.29, 1.82) is 0 Å². The number of nitrogens with two attached hydrogens (primary N) is 1. The first-order valence-corrected chi connectivity index (χ1v) is 5.85. The number of halogens is 1. The highest BCUT2D eigenvalue weighted by atomic mass is 35.5. The van der Waals surface area contributed by atoms with E-state index < -0.39 is 0 Å². The Morgan fingerprint density at radius 1 is 1.39 bits per heavy atom. The lowest BCUT2D eigenvalue weighted by molar-refractivity contribution is 0.0995. The van der Waals surface area contributed by atoms with Crippen LogP contribution in [0.5, 0.6) is 0 Å². The number of nitrogens with one attached hydrogen (secondary N) is 1. The van der Waals surface area contributed by atoms with Crippen LogP contribution in [-0.4, -0.2) is 5.91 Å². The van der Waals surface area contributed by atoms with E-state index in [4.69, 9.17) is 21.8 Å². The van der Waals surface area contributed by atoms with Crippen LogP contribution in [-0.2, 0) is 6.54 Å². The molecule has 0 saturated carbocycles. The summed E-state index contributed by atoms with van der Waals surface area (Å²) in [6.07, 6.45) is 0. The molecule has 5 heteroatoms. The van der Waals surface area contributed by atoms with Crippen molar-refractivity contribution in [2.24, 2.45) is 5.73 Å². The van der Waals surface area contributed by atoms with E-state index in [9.17, 15) is 4.79 Å². The standard InChI is InChI=1S/C13H13ClN2O2/c1-8-3-2-4-10(12(8)14)16-13(17)11-6-5-9(7-15)18-11/h2-6H,7,15H2,1H3,(H,16,17). The minimum atomic E-state index is -0.345. The van der Waals surface area contributed by atoms with Crippen LogP contribution in [0.4, 0.5) is 5.69 Å². The molecule has 0 saturated heterocycles. The Balaban J connectivity index is 2.18. The first-order valence-electron chi connectivity index (χ1n) is 5.47. The van der Waals surface area contributed by atoms with Crippen molar-refractivity contribution in [3.05, 3.63) is 52.4 Å². The number of aryl methyl sites for hydroxylation is 1. The van der Waals surface area contributed by atoms with E-state index in [1.54, 1.807) is 18.2 Å². The zero-order valence-corrected chi connectivity index (χ0v) is 10.6. The molecule has 0 spiro atoms. The highest BCUT2D eigenvalue weighted by Crippen LogP contribution is 2.25. The second kappa shape index (κ2) is 5.25. The summed E-state index contributed by atoms with van der Waals surface area (Å²) < 4.78 is 5.26. The number of amides is 1. The number of furan rings is 1. The van der Waals surface area contributed by atoms with Gasteiger partial charge in [0.15, 0.2) is 5.76 Å². The van der Waals surface area contributed by atoms with Crippen LogP contribution in [0.25, 0.3) is 0 Å². The van der Waals surface area contributed by atoms with Crippen molar-refractivity contribution < 1.29 is 9.21 Å². The molecule has 18 heavy (non-hydrogen) atoms. The second-order valence-corrected chi connectivity index (χ2v) is 4.24. The molecule has 1 aromatic heterocycles. The van der Waals surface area contributed by atoms with Gasteiger partial charge in [0.25, 0.3) is 5.91 Å². The zero-order valence-electron chi connectivity index (χ0n) is 9.87. The van der Waals surface area contributed by atoms with Gasteiger partial charge in [0.05, 0.1) is 17.3 Å². The van der Waals surface area contributed by atoms with E-state index in [0.717, 1.165) is 5.56 Å². The molecule has 1 aromatic carbocycles. The number of carbonyl (C=O) groups excluding carboxylic acids is 1. The molecule has 0 atom stereocenters. The first-order chi connectivity index (χ1) is 8.61. The predicted octanol–water partition coefficient (Wildman–Crippen LogP) is 2.95. The summed E-state index contributed by atoms with van der Waals surface area (Å²) in [6.45, 7) is 2.13. The van der Waals surface area contributed by atoms with Gasteiger partial charge in [-0.05, 0) is 30.7 Å². The van der Waals surface area contributed by atoms with Crippen LogP contribution in [0, 0.1) is 6.92 Å². The maximum atomic E-state index is 11.9. The Morgan fingerprint density at radius 2 is 2.17 bits per heavy atom. The van der Waals surface area contributed by atoms with Crippen molar-refractivity contribution in [1.82, 2.24) is 0 Å². The lowest BCUT2D eigenvalue weighted by atomic mass is 10.2. The normalized spacial score (nSPS) is 10.4. The van der Waals surface area contributed by atoms with E-state index in [1.807, 2.05) is 19.1 Å². The average Bonchev–Trinajstić information content (AvgIpc) is 2.83. The monoisotopic (exact) mass is 264 g/mol. The van der Waals surface area contributed by atoms with Gasteiger partial charge in [-0.15, -0.1) is 0 Å². The molecule has 0 unspecified atom stereocenters. The van der Waals surface area contributed by atoms with Crippen LogP contribution >= 0.6 is 11.6 Å². The molecule has 4 nitrogen and oxygen atoms in total. The molecule has 0 aliphatic heterocycles. The summed E-state index contributed by atoms with van der Waals surface area (Å²) in [6, 6.07) is 8.69. The topological polar surface area (TPSA) is 68.3 Å². The average molecular weight is 265 g/mol. The summed E-state index contributed by atoms with van der Waals surface area (Å²) in [5.74, 6) is 0.436. The quantitative estimate of drug-likeness (QED) is 0.896. The fourth-order valence-electron chi connectivity index (χ4n) is 1.54. The zero-order chi connectivity index (χ0) is 13.1. The third kappa shape index (κ3) is 2.55. The molecule has 0 fully saturated rings. The number of hydrogen-bond acceptors (Lipinski definition) is 3. The van der Waals surface area contributed by atoms with Gasteiger partial charge in [-0.3, -0.25) is 4.79 Å². The van der Waals surface area contributed by atoms with Crippen molar-refractivity contribution in [2.75, 3.05) is 5.32 Å². The molecule has 2 aromatic rings. The van der Waals surface area contributed by atoms with Crippen LogP contribution in [0.15, 0.2) is 34.7 Å². The van der Waals surface area contributed by atoms with Crippen LogP contribution in [0.1, 0.15) is 21.9 Å². The SMILES string of the molecule is Cc1cccc(NC(=O)c2ccc(CN)o2)c1Cl. The molecule has 0 aliphatic carbocycles. The van der Waals surface area contributed by atoms with Gasteiger partial charge in [0, 0.05) is 0 Å². The Kier molecular flexibility index (Phi) is 3.69. The van der Waals surface area contributed by atoms with Gasteiger partial charge in [0.1, 0.15) is 5.76 Å². The second-order valence-electron chi connectivity index (χ2n) is 3.86. The van der Waals surface area contributed by atoms with Crippen LogP contribution < -0.4 is 11.1 Å². The first kappa shape index (κ1) is 12.7. The van der Waals surface area contributed by atoms with Crippen molar-refractivity contribution in [2.45, 2.75) is 13.5 Å². The van der Waals surface area contributed by atoms with Gasteiger partial charge in [-0.2, -0.15) is 0 Å². The summed E-state index contributed by atoms with van der Waals surface area (Å²) in [7, 11) is 0. The lowest BCUT2D eigenvalue weighted by Gasteiger charge is -2.07. The van der Waals surface area contributed by atoms with E-state index in [1.165, 1.54) is 0 Å². The predicted molar refractivity (Wildman–Crippen MR) is 70.7 cm³/mol. The third-order valence-electron chi connectivity index (χ3n) is 2.53. The molecular weight excluding hydrogens is 252 g/mol. The van der Waals surface area contributed by atoms with Crippen molar-refractivity contribution in [3.63, 3.8) is 0 Å². The van der Waals surface area contributed by atoms with Gasteiger partial charge in [0.2, 0.25) is 0 Å². The number of hydrogen-bond donors (Lipinski definition) is 2. The molecule has 0 aliphatic rings. The number of benzene rings is 1. The maximum Gasteiger partial charge on any atom is 0.291 e. The molecule has 2 rings (SSSR count). The van der Waals surface area contributed by atoms with E-state index >= 15 is 0 Å². The Hall–Kier alpha value is -1.78. The van der Waals surface area contributed by atoms with Crippen LogP contribution in [0.2, 0.25) is 5.02 Å². The minimum Gasteiger partial charge on any atom is -0.455 e. The third-order valence-corrected chi connectivity index (χ3v) is 3.03. The Bertz CT molecular complexity index is 578. The summed E-state index contributed by atoms with van der Waals surface area (Å²) in [5, 5.41) is 3.22. The van der Waals surface area contributed by atoms with Crippen molar-refractivity contribution in [3.8, 4) is 0 Å². The maximum absolute atomic E-state index is 11.9. The summed E-state index contributed by atoms with van der Waals surface area (Å²) in [5.41, 5.74) is 6.88. The van der Waals surface area contributed by atoms with E-state index in [2.05, 4.69) is 5.32 Å². The summed E-state index contributed by atoms with van der Waals surface area (Å²) >= 11 is 6.09. The smallest absolute Gasteiger partial charge is 0.291 e. The number of carbonyl (C=O) groups is 1. The molecule has 1 heterocycles. The Morgan fingerprint density at radius 3 is 2.83 bits per heavy atom. The minimum absolute atomic E-state index is 0.216. The van der Waals surface area contributed by atoms with E-state index in [-0.39, 0.29) is 18.2 Å². The van der Waals surface area contributed by atoms with Crippen molar-refractivity contribution >= 4 is 23.2 Å². The van der Waals surface area contributed by atoms with Gasteiger partial charge >= 0.3 is 0 Å². The molecule has 0 bridgehead atoms. The largest absolute Gasteiger partial charge is 0.455 e. The fraction of sp³-hybridized carbons (Fsp3) is 0.154. The van der Waals surface area contributed by atoms with Gasteiger partial charge in [-0.25, -0.2) is 0 Å². The Labute approximate surface area is 110 Å². The highest BCUT2D eigenvalue weighted by molar-refractivity contribution is 6.34. The number of rotatable bonds is 3. The lowest BCUT2D eigenvalue weighted by Crippen LogP contribution is -2.11. The summed E-state index contributed by atoms with van der Waals surface area (Å²) in [4.78, 5) is 11.9. The molecule has 1 amide bonds. The van der Waals surface area contributed by atoms with Gasteiger partial charge in [-0.1, -0.05) is 23.7 Å². The van der Waals surface area contributed by atoms with Crippen LogP contribution in [0.3, 0.4) is 0 Å².